The van der Waals surface area contributed by atoms with E-state index in [0.29, 0.717) is 6.42 Å². The molecule has 1 aromatic heterocycles. The summed E-state index contributed by atoms with van der Waals surface area (Å²) in [5.41, 5.74) is 1.98. The molecular formula is C10H11NO2. The first-order valence-corrected chi connectivity index (χ1v) is 3.99. The molecule has 13 heavy (non-hydrogen) atoms. The van der Waals surface area contributed by atoms with Crippen LogP contribution in [0, 0.1) is 6.92 Å². The third-order valence-electron chi connectivity index (χ3n) is 1.59. The van der Waals surface area contributed by atoms with Gasteiger partial charge in [-0.2, -0.15) is 0 Å². The highest BCUT2D eigenvalue weighted by molar-refractivity contribution is 5.79. The molecule has 68 valence electrons. The molecule has 0 atom stereocenters. The van der Waals surface area contributed by atoms with Crippen LogP contribution in [0.1, 0.15) is 11.3 Å². The van der Waals surface area contributed by atoms with Gasteiger partial charge in [0, 0.05) is 18.0 Å². The molecule has 3 nitrogen and oxygen atoms in total. The summed E-state index contributed by atoms with van der Waals surface area (Å²) < 4.78 is 0. The number of carboxylic acids is 1. The van der Waals surface area contributed by atoms with E-state index in [0.717, 1.165) is 17.3 Å². The van der Waals surface area contributed by atoms with E-state index >= 15 is 0 Å². The van der Waals surface area contributed by atoms with Crippen molar-refractivity contribution in [2.45, 2.75) is 13.3 Å². The first kappa shape index (κ1) is 9.45. The van der Waals surface area contributed by atoms with Crippen molar-refractivity contribution < 1.29 is 9.90 Å². The quantitative estimate of drug-likeness (QED) is 0.713. The zero-order valence-electron chi connectivity index (χ0n) is 7.40. The van der Waals surface area contributed by atoms with Crippen LogP contribution in [-0.4, -0.2) is 16.1 Å². The maximum atomic E-state index is 10.1. The highest BCUT2D eigenvalue weighted by atomic mass is 16.4. The zero-order chi connectivity index (χ0) is 9.68. The number of aryl methyl sites for hydroxylation is 1. The number of carbonyl (C=O) groups is 1. The van der Waals surface area contributed by atoms with Gasteiger partial charge in [-0.05, 0) is 25.0 Å². The van der Waals surface area contributed by atoms with Gasteiger partial charge >= 0.3 is 5.97 Å². The number of aliphatic carboxylic acids is 1. The number of hydrogen-bond acceptors (Lipinski definition) is 2. The Balaban J connectivity index is 2.55. The molecule has 0 unspecified atom stereocenters. The number of rotatable bonds is 3. The second-order valence-electron chi connectivity index (χ2n) is 2.75. The molecule has 0 radical (unpaired) electrons. The fourth-order valence-corrected chi connectivity index (χ4v) is 0.915. The predicted molar refractivity (Wildman–Crippen MR) is 49.5 cm³/mol. The molecule has 1 heterocycles. The van der Waals surface area contributed by atoms with Crippen LogP contribution in [0.3, 0.4) is 0 Å². The molecule has 0 bridgehead atoms. The summed E-state index contributed by atoms with van der Waals surface area (Å²) in [5.74, 6) is -0.917. The molecule has 0 spiro atoms. The van der Waals surface area contributed by atoms with Gasteiger partial charge in [0.1, 0.15) is 0 Å². The summed E-state index contributed by atoms with van der Waals surface area (Å²) in [5, 5.41) is 8.33. The minimum absolute atomic E-state index is 0.611. The highest BCUT2D eigenvalue weighted by Crippen LogP contribution is 2.00. The Morgan fingerprint density at radius 2 is 2.38 bits per heavy atom. The predicted octanol–water partition coefficient (Wildman–Crippen LogP) is 1.57. The SMILES string of the molecule is Cc1ccc(C/C=C/C(=O)O)cn1. The van der Waals surface area contributed by atoms with Crippen LogP contribution >= 0.6 is 0 Å². The lowest BCUT2D eigenvalue weighted by Crippen LogP contribution is -1.89. The molecule has 0 saturated carbocycles. The molecule has 3 heteroatoms. The molecule has 0 aliphatic rings. The lowest BCUT2D eigenvalue weighted by molar-refractivity contribution is -0.131. The molecule has 0 aliphatic carbocycles. The van der Waals surface area contributed by atoms with Crippen LogP contribution in [0.2, 0.25) is 0 Å². The topological polar surface area (TPSA) is 50.2 Å². The average Bonchev–Trinajstić information content (AvgIpc) is 2.08. The van der Waals surface area contributed by atoms with Crippen molar-refractivity contribution >= 4 is 5.97 Å². The van der Waals surface area contributed by atoms with Crippen molar-refractivity contribution in [2.75, 3.05) is 0 Å². The third kappa shape index (κ3) is 3.51. The molecule has 0 amide bonds. The summed E-state index contributed by atoms with van der Waals surface area (Å²) in [4.78, 5) is 14.2. The molecule has 0 aliphatic heterocycles. The summed E-state index contributed by atoms with van der Waals surface area (Å²) in [6.07, 6.45) is 5.11. The number of allylic oxidation sites excluding steroid dienone is 1. The van der Waals surface area contributed by atoms with E-state index in [1.165, 1.54) is 0 Å². The first-order chi connectivity index (χ1) is 6.18. The summed E-state index contributed by atoms with van der Waals surface area (Å²) in [6.45, 7) is 1.91. The van der Waals surface area contributed by atoms with Gasteiger partial charge in [0.2, 0.25) is 0 Å². The maximum absolute atomic E-state index is 10.1. The Bertz CT molecular complexity index is 314. The molecule has 1 rings (SSSR count). The van der Waals surface area contributed by atoms with Crippen LogP contribution < -0.4 is 0 Å². The first-order valence-electron chi connectivity index (χ1n) is 3.99. The molecule has 0 aromatic carbocycles. The van der Waals surface area contributed by atoms with Crippen molar-refractivity contribution in [1.82, 2.24) is 4.98 Å². The van der Waals surface area contributed by atoms with E-state index in [9.17, 15) is 4.79 Å². The minimum atomic E-state index is -0.917. The van der Waals surface area contributed by atoms with Crippen molar-refractivity contribution in [1.29, 1.82) is 0 Å². The Hall–Kier alpha value is -1.64. The van der Waals surface area contributed by atoms with Crippen LogP contribution in [-0.2, 0) is 11.2 Å². The normalized spacial score (nSPS) is 10.5. The second-order valence-corrected chi connectivity index (χ2v) is 2.75. The van der Waals surface area contributed by atoms with Gasteiger partial charge in [0.05, 0.1) is 0 Å². The Kier molecular flexibility index (Phi) is 3.20. The lowest BCUT2D eigenvalue weighted by Gasteiger charge is -1.95. The van der Waals surface area contributed by atoms with Crippen LogP contribution in [0.5, 0.6) is 0 Å². The van der Waals surface area contributed by atoms with Gasteiger partial charge < -0.3 is 5.11 Å². The number of carboxylic acid groups (broad SMARTS) is 1. The molecule has 1 aromatic rings. The smallest absolute Gasteiger partial charge is 0.327 e. The Labute approximate surface area is 76.7 Å². The molecular weight excluding hydrogens is 166 g/mol. The van der Waals surface area contributed by atoms with E-state index < -0.39 is 5.97 Å². The third-order valence-corrected chi connectivity index (χ3v) is 1.59. The van der Waals surface area contributed by atoms with Crippen molar-refractivity contribution in [3.05, 3.63) is 41.7 Å². The van der Waals surface area contributed by atoms with Gasteiger partial charge in [-0.1, -0.05) is 12.1 Å². The van der Waals surface area contributed by atoms with Gasteiger partial charge in [-0.25, -0.2) is 4.79 Å². The lowest BCUT2D eigenvalue weighted by atomic mass is 10.2. The van der Waals surface area contributed by atoms with Gasteiger partial charge in [-0.3, -0.25) is 4.98 Å². The van der Waals surface area contributed by atoms with Crippen molar-refractivity contribution in [3.8, 4) is 0 Å². The standard InChI is InChI=1S/C10H11NO2/c1-8-5-6-9(7-11-8)3-2-4-10(12)13/h2,4-7H,3H2,1H3,(H,12,13)/b4-2+. The number of nitrogens with zero attached hydrogens (tertiary/aromatic N) is 1. The Morgan fingerprint density at radius 3 is 2.92 bits per heavy atom. The number of pyridine rings is 1. The van der Waals surface area contributed by atoms with E-state index in [-0.39, 0.29) is 0 Å². The summed E-state index contributed by atoms with van der Waals surface area (Å²) in [7, 11) is 0. The van der Waals surface area contributed by atoms with Crippen LogP contribution in [0.4, 0.5) is 0 Å². The van der Waals surface area contributed by atoms with Crippen molar-refractivity contribution in [3.63, 3.8) is 0 Å². The van der Waals surface area contributed by atoms with Crippen molar-refractivity contribution in [2.24, 2.45) is 0 Å². The summed E-state index contributed by atoms with van der Waals surface area (Å²) in [6, 6.07) is 3.85. The van der Waals surface area contributed by atoms with E-state index in [1.54, 1.807) is 12.3 Å². The van der Waals surface area contributed by atoms with Gasteiger partial charge in [-0.15, -0.1) is 0 Å². The Morgan fingerprint density at radius 1 is 1.62 bits per heavy atom. The fraction of sp³-hybridized carbons (Fsp3) is 0.200. The molecule has 1 N–H and O–H groups in total. The highest BCUT2D eigenvalue weighted by Gasteiger charge is 1.90. The van der Waals surface area contributed by atoms with Crippen LogP contribution in [0.15, 0.2) is 30.5 Å². The van der Waals surface area contributed by atoms with E-state index in [4.69, 9.17) is 5.11 Å². The van der Waals surface area contributed by atoms with E-state index in [1.807, 2.05) is 19.1 Å². The van der Waals surface area contributed by atoms with Gasteiger partial charge in [0.15, 0.2) is 0 Å². The van der Waals surface area contributed by atoms with Gasteiger partial charge in [0.25, 0.3) is 0 Å². The largest absolute Gasteiger partial charge is 0.478 e. The zero-order valence-corrected chi connectivity index (χ0v) is 7.40. The molecule has 0 fully saturated rings. The monoisotopic (exact) mass is 177 g/mol. The average molecular weight is 177 g/mol. The van der Waals surface area contributed by atoms with E-state index in [2.05, 4.69) is 4.98 Å². The summed E-state index contributed by atoms with van der Waals surface area (Å²) >= 11 is 0. The molecule has 0 saturated heterocycles. The second kappa shape index (κ2) is 4.40. The number of aromatic nitrogens is 1. The number of hydrogen-bond donors (Lipinski definition) is 1. The maximum Gasteiger partial charge on any atom is 0.327 e. The minimum Gasteiger partial charge on any atom is -0.478 e. The fourth-order valence-electron chi connectivity index (χ4n) is 0.915. The van der Waals surface area contributed by atoms with Crippen LogP contribution in [0.25, 0.3) is 0 Å².